The number of nitrogens with one attached hydrogen (secondary N) is 1. The highest BCUT2D eigenvalue weighted by Gasteiger charge is 2.33. The Bertz CT molecular complexity index is 371. The normalized spacial score (nSPS) is 21.1. The van der Waals surface area contributed by atoms with E-state index >= 15 is 0 Å². The third-order valence-corrected chi connectivity index (χ3v) is 3.35. The van der Waals surface area contributed by atoms with E-state index in [9.17, 15) is 4.79 Å². The maximum atomic E-state index is 12.1. The second-order valence-electron chi connectivity index (χ2n) is 4.95. The zero-order chi connectivity index (χ0) is 11.8. The molecule has 0 saturated carbocycles. The van der Waals surface area contributed by atoms with Gasteiger partial charge in [-0.2, -0.15) is 5.10 Å². The number of carbonyl (C=O) groups excluding carboxylic acids is 1. The summed E-state index contributed by atoms with van der Waals surface area (Å²) in [6.07, 6.45) is 3.22. The first-order valence-corrected chi connectivity index (χ1v) is 5.50. The van der Waals surface area contributed by atoms with Gasteiger partial charge in [0.05, 0.1) is 11.8 Å². The van der Waals surface area contributed by atoms with E-state index in [1.54, 1.807) is 12.4 Å². The topological polar surface area (TPSA) is 52.2 Å². The van der Waals surface area contributed by atoms with Crippen LogP contribution >= 0.6 is 0 Å². The molecule has 1 aromatic rings. The summed E-state index contributed by atoms with van der Waals surface area (Å²) < 4.78 is 0. The fourth-order valence-corrected chi connectivity index (χ4v) is 1.96. The summed E-state index contributed by atoms with van der Waals surface area (Å²) in [7, 11) is 2.10. The van der Waals surface area contributed by atoms with E-state index in [0.717, 1.165) is 19.6 Å². The molecule has 0 aromatic carbocycles. The summed E-state index contributed by atoms with van der Waals surface area (Å²) in [5.74, 6) is 0.0647. The van der Waals surface area contributed by atoms with Crippen LogP contribution in [-0.4, -0.2) is 58.1 Å². The van der Waals surface area contributed by atoms with Gasteiger partial charge in [-0.1, -0.05) is 0 Å². The van der Waals surface area contributed by atoms with Crippen LogP contribution in [0, 0.1) is 0 Å². The van der Waals surface area contributed by atoms with Crippen molar-refractivity contribution in [1.82, 2.24) is 20.0 Å². The minimum atomic E-state index is 0.0393. The standard InChI is InChI=1S/C11H18N4O/c1-11(2)8-15(5-4-14(11)3)10(16)9-6-12-13-7-9/h6-7H,4-5,8H2,1-3H3,(H,12,13). The van der Waals surface area contributed by atoms with E-state index in [2.05, 4.69) is 36.0 Å². The van der Waals surface area contributed by atoms with Crippen LogP contribution in [0.15, 0.2) is 12.4 Å². The van der Waals surface area contributed by atoms with Crippen LogP contribution in [-0.2, 0) is 0 Å². The zero-order valence-corrected chi connectivity index (χ0v) is 10.0. The van der Waals surface area contributed by atoms with Gasteiger partial charge in [-0.05, 0) is 20.9 Å². The Kier molecular flexibility index (Phi) is 2.71. The van der Waals surface area contributed by atoms with Crippen LogP contribution in [0.2, 0.25) is 0 Å². The average Bonchev–Trinajstić information content (AvgIpc) is 2.74. The molecular formula is C11H18N4O. The van der Waals surface area contributed by atoms with Gasteiger partial charge in [0.25, 0.3) is 5.91 Å². The van der Waals surface area contributed by atoms with Crippen LogP contribution in [0.3, 0.4) is 0 Å². The highest BCUT2D eigenvalue weighted by atomic mass is 16.2. The molecule has 1 amide bonds. The van der Waals surface area contributed by atoms with Crippen molar-refractivity contribution in [3.8, 4) is 0 Å². The maximum Gasteiger partial charge on any atom is 0.257 e. The Labute approximate surface area is 95.4 Å². The number of piperazine rings is 1. The summed E-state index contributed by atoms with van der Waals surface area (Å²) in [6, 6.07) is 0. The molecular weight excluding hydrogens is 204 g/mol. The second kappa shape index (κ2) is 3.90. The number of likely N-dealkylation sites (N-methyl/N-ethyl adjacent to an activating group) is 1. The Balaban J connectivity index is 2.10. The molecule has 88 valence electrons. The van der Waals surface area contributed by atoms with Crippen molar-refractivity contribution in [1.29, 1.82) is 0 Å². The molecule has 0 aliphatic carbocycles. The summed E-state index contributed by atoms with van der Waals surface area (Å²) in [6.45, 7) is 6.76. The molecule has 0 bridgehead atoms. The molecule has 5 nitrogen and oxygen atoms in total. The molecule has 1 aliphatic heterocycles. The Morgan fingerprint density at radius 3 is 2.81 bits per heavy atom. The highest BCUT2D eigenvalue weighted by molar-refractivity contribution is 5.93. The van der Waals surface area contributed by atoms with E-state index in [4.69, 9.17) is 0 Å². The predicted molar refractivity (Wildman–Crippen MR) is 61.2 cm³/mol. The minimum absolute atomic E-state index is 0.0393. The van der Waals surface area contributed by atoms with E-state index in [-0.39, 0.29) is 11.4 Å². The van der Waals surface area contributed by atoms with Crippen molar-refractivity contribution in [2.24, 2.45) is 0 Å². The molecule has 1 saturated heterocycles. The lowest BCUT2D eigenvalue weighted by Gasteiger charge is -2.45. The zero-order valence-electron chi connectivity index (χ0n) is 10.0. The lowest BCUT2D eigenvalue weighted by Crippen LogP contribution is -2.58. The summed E-state index contributed by atoms with van der Waals surface area (Å²) in [5.41, 5.74) is 0.679. The molecule has 16 heavy (non-hydrogen) atoms. The SMILES string of the molecule is CN1CCN(C(=O)c2cn[nH]c2)CC1(C)C. The Morgan fingerprint density at radius 1 is 1.50 bits per heavy atom. The van der Waals surface area contributed by atoms with Crippen LogP contribution < -0.4 is 0 Å². The largest absolute Gasteiger partial charge is 0.335 e. The van der Waals surface area contributed by atoms with Crippen LogP contribution in [0.1, 0.15) is 24.2 Å². The molecule has 2 heterocycles. The fourth-order valence-electron chi connectivity index (χ4n) is 1.96. The molecule has 0 spiro atoms. The first-order chi connectivity index (χ1) is 7.50. The first kappa shape index (κ1) is 11.1. The van der Waals surface area contributed by atoms with Crippen molar-refractivity contribution >= 4 is 5.91 Å². The van der Waals surface area contributed by atoms with Crippen LogP contribution in [0.5, 0.6) is 0 Å². The molecule has 0 radical (unpaired) electrons. The molecule has 1 aromatic heterocycles. The number of hydrogen-bond donors (Lipinski definition) is 1. The molecule has 1 N–H and O–H groups in total. The van der Waals surface area contributed by atoms with Crippen molar-refractivity contribution in [3.63, 3.8) is 0 Å². The second-order valence-corrected chi connectivity index (χ2v) is 4.95. The number of carbonyl (C=O) groups is 1. The predicted octanol–water partition coefficient (Wildman–Crippen LogP) is 0.576. The van der Waals surface area contributed by atoms with Gasteiger partial charge in [-0.25, -0.2) is 0 Å². The number of rotatable bonds is 1. The number of nitrogens with zero attached hydrogens (tertiary/aromatic N) is 3. The maximum absolute atomic E-state index is 12.1. The smallest absolute Gasteiger partial charge is 0.257 e. The van der Waals surface area contributed by atoms with Gasteiger partial charge >= 0.3 is 0 Å². The number of H-pyrrole nitrogens is 1. The lowest BCUT2D eigenvalue weighted by molar-refractivity contribution is 0.0311. The van der Waals surface area contributed by atoms with E-state index in [1.807, 2.05) is 4.90 Å². The van der Waals surface area contributed by atoms with Gasteiger partial charge < -0.3 is 4.90 Å². The molecule has 0 atom stereocenters. The lowest BCUT2D eigenvalue weighted by atomic mass is 9.99. The van der Waals surface area contributed by atoms with Gasteiger partial charge in [0.15, 0.2) is 0 Å². The quantitative estimate of drug-likeness (QED) is 0.756. The van der Waals surface area contributed by atoms with Crippen molar-refractivity contribution in [2.45, 2.75) is 19.4 Å². The Morgan fingerprint density at radius 2 is 2.25 bits per heavy atom. The van der Waals surface area contributed by atoms with Gasteiger partial charge in [0.2, 0.25) is 0 Å². The average molecular weight is 222 g/mol. The summed E-state index contributed by atoms with van der Waals surface area (Å²) in [4.78, 5) is 16.3. The molecule has 1 fully saturated rings. The highest BCUT2D eigenvalue weighted by Crippen LogP contribution is 2.20. The van der Waals surface area contributed by atoms with Crippen LogP contribution in [0.25, 0.3) is 0 Å². The number of hydrogen-bond acceptors (Lipinski definition) is 3. The fraction of sp³-hybridized carbons (Fsp3) is 0.636. The monoisotopic (exact) mass is 222 g/mol. The van der Waals surface area contributed by atoms with Crippen molar-refractivity contribution in [3.05, 3.63) is 18.0 Å². The summed E-state index contributed by atoms with van der Waals surface area (Å²) in [5, 5.41) is 6.48. The number of amides is 1. The van der Waals surface area contributed by atoms with Gasteiger partial charge in [-0.3, -0.25) is 14.8 Å². The summed E-state index contributed by atoms with van der Waals surface area (Å²) >= 11 is 0. The molecule has 1 aliphatic rings. The van der Waals surface area contributed by atoms with E-state index in [1.165, 1.54) is 0 Å². The number of aromatic amines is 1. The van der Waals surface area contributed by atoms with Gasteiger partial charge in [0.1, 0.15) is 0 Å². The number of aromatic nitrogens is 2. The molecule has 5 heteroatoms. The van der Waals surface area contributed by atoms with Crippen molar-refractivity contribution in [2.75, 3.05) is 26.7 Å². The van der Waals surface area contributed by atoms with E-state index in [0.29, 0.717) is 5.56 Å². The Hall–Kier alpha value is -1.36. The third-order valence-electron chi connectivity index (χ3n) is 3.35. The molecule has 2 rings (SSSR count). The molecule has 0 unspecified atom stereocenters. The van der Waals surface area contributed by atoms with Crippen LogP contribution in [0.4, 0.5) is 0 Å². The van der Waals surface area contributed by atoms with E-state index < -0.39 is 0 Å². The first-order valence-electron chi connectivity index (χ1n) is 5.50. The minimum Gasteiger partial charge on any atom is -0.335 e. The third kappa shape index (κ3) is 1.95. The van der Waals surface area contributed by atoms with Gasteiger partial charge in [-0.15, -0.1) is 0 Å². The van der Waals surface area contributed by atoms with Gasteiger partial charge in [0, 0.05) is 31.4 Å². The van der Waals surface area contributed by atoms with Crippen molar-refractivity contribution < 1.29 is 4.79 Å².